The van der Waals surface area contributed by atoms with E-state index < -0.39 is 35.0 Å². The van der Waals surface area contributed by atoms with Gasteiger partial charge in [0.1, 0.15) is 18.9 Å². The van der Waals surface area contributed by atoms with Crippen molar-refractivity contribution < 1.29 is 23.6 Å². The van der Waals surface area contributed by atoms with E-state index in [2.05, 4.69) is 5.32 Å². The lowest BCUT2D eigenvalue weighted by Gasteiger charge is -2.36. The van der Waals surface area contributed by atoms with Gasteiger partial charge in [0.2, 0.25) is 23.6 Å². The van der Waals surface area contributed by atoms with Crippen LogP contribution in [0.2, 0.25) is 0 Å². The molecule has 0 radical (unpaired) electrons. The Bertz CT molecular complexity index is 863. The predicted octanol–water partition coefficient (Wildman–Crippen LogP) is 2.34. The summed E-state index contributed by atoms with van der Waals surface area (Å²) in [6.07, 6.45) is 4.78. The van der Waals surface area contributed by atoms with Crippen molar-refractivity contribution in [3.63, 3.8) is 0 Å². The summed E-state index contributed by atoms with van der Waals surface area (Å²) in [5, 5.41) is 2.62. The maximum Gasteiger partial charge on any atom is 0.244 e. The molecule has 8 heteroatoms. The monoisotopic (exact) mass is 415 g/mol. The van der Waals surface area contributed by atoms with E-state index in [0.717, 1.165) is 4.90 Å². The number of carbonyl (C=O) groups excluding carboxylic acids is 4. The summed E-state index contributed by atoms with van der Waals surface area (Å²) in [5.74, 6) is -2.82. The second kappa shape index (κ2) is 8.38. The highest BCUT2D eigenvalue weighted by atomic mass is 19.1. The van der Waals surface area contributed by atoms with Crippen molar-refractivity contribution in [3.8, 4) is 0 Å². The van der Waals surface area contributed by atoms with E-state index in [-0.39, 0.29) is 24.9 Å². The first-order chi connectivity index (χ1) is 14.1. The highest BCUT2D eigenvalue weighted by Crippen LogP contribution is 2.35. The molecule has 1 saturated heterocycles. The number of nitrogens with one attached hydrogen (secondary N) is 1. The summed E-state index contributed by atoms with van der Waals surface area (Å²) in [4.78, 5) is 53.1. The van der Waals surface area contributed by atoms with Crippen LogP contribution >= 0.6 is 0 Å². The molecular weight excluding hydrogens is 389 g/mol. The van der Waals surface area contributed by atoms with Gasteiger partial charge in [-0.25, -0.2) is 4.39 Å². The molecule has 1 fully saturated rings. The third kappa shape index (κ3) is 4.58. The van der Waals surface area contributed by atoms with Crippen LogP contribution in [0.15, 0.2) is 36.4 Å². The molecule has 7 nitrogen and oxygen atoms in total. The number of rotatable bonds is 5. The Kier molecular flexibility index (Phi) is 6.05. The number of halogens is 1. The summed E-state index contributed by atoms with van der Waals surface area (Å²) in [5.41, 5.74) is -0.304. The molecule has 1 heterocycles. The lowest BCUT2D eigenvalue weighted by atomic mass is 9.85. The normalized spacial score (nSPS) is 20.9. The zero-order valence-corrected chi connectivity index (χ0v) is 17.4. The molecule has 1 N–H and O–H groups in total. The van der Waals surface area contributed by atoms with Crippen LogP contribution in [0.4, 0.5) is 10.1 Å². The third-order valence-corrected chi connectivity index (χ3v) is 5.43. The van der Waals surface area contributed by atoms with Gasteiger partial charge in [0.15, 0.2) is 0 Å². The van der Waals surface area contributed by atoms with Gasteiger partial charge in [0.25, 0.3) is 0 Å². The predicted molar refractivity (Wildman–Crippen MR) is 109 cm³/mol. The number of fused-ring (bicyclic) bond motifs is 1. The Labute approximate surface area is 174 Å². The zero-order chi connectivity index (χ0) is 22.1. The number of amides is 4. The first-order valence-corrected chi connectivity index (χ1v) is 9.94. The number of likely N-dealkylation sites (tertiary alicyclic amines) is 1. The van der Waals surface area contributed by atoms with Gasteiger partial charge in [0, 0.05) is 11.2 Å². The summed E-state index contributed by atoms with van der Waals surface area (Å²) >= 11 is 0. The Hall–Kier alpha value is -3.03. The smallest absolute Gasteiger partial charge is 0.244 e. The van der Waals surface area contributed by atoms with Gasteiger partial charge in [-0.15, -0.1) is 0 Å². The first-order valence-electron chi connectivity index (χ1n) is 9.94. The zero-order valence-electron chi connectivity index (χ0n) is 17.4. The Morgan fingerprint density at radius 3 is 2.10 bits per heavy atom. The molecule has 1 aromatic carbocycles. The minimum absolute atomic E-state index is 0.260. The first kappa shape index (κ1) is 21.7. The van der Waals surface area contributed by atoms with Crippen LogP contribution in [-0.2, 0) is 19.2 Å². The van der Waals surface area contributed by atoms with Crippen LogP contribution < -0.4 is 5.32 Å². The van der Waals surface area contributed by atoms with E-state index in [9.17, 15) is 23.6 Å². The molecule has 1 aliphatic heterocycles. The minimum atomic E-state index is -0.711. The second-order valence-corrected chi connectivity index (χ2v) is 8.62. The van der Waals surface area contributed by atoms with Crippen LogP contribution in [0.1, 0.15) is 33.6 Å². The molecule has 1 aliphatic carbocycles. The van der Waals surface area contributed by atoms with Crippen molar-refractivity contribution in [1.29, 1.82) is 0 Å². The summed E-state index contributed by atoms with van der Waals surface area (Å²) < 4.78 is 13.0. The lowest BCUT2D eigenvalue weighted by Crippen LogP contribution is -2.53. The van der Waals surface area contributed by atoms with E-state index in [0.29, 0.717) is 18.5 Å². The molecule has 3 rings (SSSR count). The third-order valence-electron chi connectivity index (χ3n) is 5.43. The maximum atomic E-state index is 13.0. The average molecular weight is 415 g/mol. The number of imide groups is 1. The summed E-state index contributed by atoms with van der Waals surface area (Å²) in [6.45, 7) is 4.67. The number of allylic oxidation sites excluding steroid dienone is 2. The van der Waals surface area contributed by atoms with Crippen LogP contribution in [0.25, 0.3) is 0 Å². The van der Waals surface area contributed by atoms with E-state index >= 15 is 0 Å². The van der Waals surface area contributed by atoms with Crippen LogP contribution in [0, 0.1) is 17.7 Å². The van der Waals surface area contributed by atoms with Crippen LogP contribution in [0.5, 0.6) is 0 Å². The maximum absolute atomic E-state index is 13.0. The van der Waals surface area contributed by atoms with Crippen molar-refractivity contribution in [1.82, 2.24) is 9.80 Å². The highest BCUT2D eigenvalue weighted by Gasteiger charge is 2.48. The molecule has 4 amide bonds. The Balaban J connectivity index is 1.68. The van der Waals surface area contributed by atoms with Crippen molar-refractivity contribution in [2.45, 2.75) is 39.2 Å². The molecule has 0 aromatic heterocycles. The summed E-state index contributed by atoms with van der Waals surface area (Å²) in [7, 11) is 0. The van der Waals surface area contributed by atoms with Gasteiger partial charge in [-0.2, -0.15) is 0 Å². The molecule has 2 aliphatic rings. The Morgan fingerprint density at radius 2 is 1.60 bits per heavy atom. The molecular formula is C22H26FN3O4. The minimum Gasteiger partial charge on any atom is -0.327 e. The quantitative estimate of drug-likeness (QED) is 0.591. The van der Waals surface area contributed by atoms with Crippen molar-refractivity contribution in [2.24, 2.45) is 11.8 Å². The van der Waals surface area contributed by atoms with Gasteiger partial charge in [-0.1, -0.05) is 12.2 Å². The van der Waals surface area contributed by atoms with Gasteiger partial charge in [-0.3, -0.25) is 24.1 Å². The Morgan fingerprint density at radius 1 is 1.07 bits per heavy atom. The van der Waals surface area contributed by atoms with Gasteiger partial charge in [0.05, 0.1) is 11.8 Å². The fourth-order valence-corrected chi connectivity index (χ4v) is 3.82. The van der Waals surface area contributed by atoms with Crippen molar-refractivity contribution in [2.75, 3.05) is 18.4 Å². The highest BCUT2D eigenvalue weighted by molar-refractivity contribution is 6.08. The van der Waals surface area contributed by atoms with Gasteiger partial charge in [-0.05, 0) is 57.9 Å². The van der Waals surface area contributed by atoms with Gasteiger partial charge >= 0.3 is 0 Å². The topological polar surface area (TPSA) is 86.8 Å². The number of anilines is 1. The molecule has 2 atom stereocenters. The number of hydrogen-bond acceptors (Lipinski definition) is 4. The van der Waals surface area contributed by atoms with E-state index in [1.54, 1.807) is 20.8 Å². The fourth-order valence-electron chi connectivity index (χ4n) is 3.82. The number of nitrogens with zero attached hydrogens (tertiary/aromatic N) is 2. The van der Waals surface area contributed by atoms with Gasteiger partial charge < -0.3 is 10.2 Å². The fraction of sp³-hybridized carbons (Fsp3) is 0.455. The molecule has 1 aromatic rings. The lowest BCUT2D eigenvalue weighted by molar-refractivity contribution is -0.149. The molecule has 160 valence electrons. The van der Waals surface area contributed by atoms with E-state index in [1.165, 1.54) is 29.2 Å². The average Bonchev–Trinajstić information content (AvgIpc) is 2.92. The van der Waals surface area contributed by atoms with Crippen LogP contribution in [0.3, 0.4) is 0 Å². The van der Waals surface area contributed by atoms with E-state index in [1.807, 2.05) is 12.2 Å². The SMILES string of the molecule is CC(C)(C)N(CC(=O)Nc1ccc(F)cc1)C(=O)CN1C(=O)[C@H]2CC=CC[C@H]2C1=O. The molecule has 30 heavy (non-hydrogen) atoms. The summed E-state index contributed by atoms with van der Waals surface area (Å²) in [6, 6.07) is 5.30. The number of carbonyl (C=O) groups is 4. The molecule has 0 saturated carbocycles. The largest absolute Gasteiger partial charge is 0.327 e. The van der Waals surface area contributed by atoms with Crippen molar-refractivity contribution in [3.05, 3.63) is 42.2 Å². The standard InChI is InChI=1S/C22H26FN3O4/c1-22(2,3)26(12-18(27)24-15-10-8-14(23)9-11-15)19(28)13-25-20(29)16-6-4-5-7-17(16)21(25)30/h4-5,8-11,16-17H,6-7,12-13H2,1-3H3,(H,24,27)/t16-,17+. The second-order valence-electron chi connectivity index (χ2n) is 8.62. The van der Waals surface area contributed by atoms with E-state index in [4.69, 9.17) is 0 Å². The van der Waals surface area contributed by atoms with Crippen molar-refractivity contribution >= 4 is 29.3 Å². The number of benzene rings is 1. The van der Waals surface area contributed by atoms with Crippen LogP contribution in [-0.4, -0.2) is 52.1 Å². The molecule has 0 unspecified atom stereocenters. The molecule has 0 spiro atoms. The molecule has 0 bridgehead atoms. The number of hydrogen-bond donors (Lipinski definition) is 1.